The number of benzene rings is 2. The molecule has 0 bridgehead atoms. The van der Waals surface area contributed by atoms with Crippen LogP contribution in [0.3, 0.4) is 0 Å². The molecule has 5 nitrogen and oxygen atoms in total. The van der Waals surface area contributed by atoms with Gasteiger partial charge in [-0.1, -0.05) is 23.8 Å². The van der Waals surface area contributed by atoms with Gasteiger partial charge in [0.25, 0.3) is 0 Å². The number of anilines is 2. The predicted molar refractivity (Wildman–Crippen MR) is 88.4 cm³/mol. The maximum Gasteiger partial charge on any atom is 0.245 e. The lowest BCUT2D eigenvalue weighted by Gasteiger charge is -2.22. The summed E-state index contributed by atoms with van der Waals surface area (Å²) in [6.45, 7) is 1.23. The van der Waals surface area contributed by atoms with Gasteiger partial charge in [-0.2, -0.15) is 0 Å². The van der Waals surface area contributed by atoms with Gasteiger partial charge in [-0.05, 0) is 31.2 Å². The van der Waals surface area contributed by atoms with Crippen molar-refractivity contribution in [2.24, 2.45) is 0 Å². The average molecular weight is 354 g/mol. The Bertz CT molecular complexity index is 832. The molecule has 0 unspecified atom stereocenters. The highest BCUT2D eigenvalue weighted by atomic mass is 32.2. The van der Waals surface area contributed by atoms with Gasteiger partial charge in [-0.25, -0.2) is 17.2 Å². The molecule has 0 aromatic heterocycles. The van der Waals surface area contributed by atoms with E-state index in [9.17, 15) is 22.0 Å². The highest BCUT2D eigenvalue weighted by Crippen LogP contribution is 2.20. The largest absolute Gasteiger partial charge is 0.320 e. The molecule has 0 spiro atoms. The molecule has 2 aromatic carbocycles. The summed E-state index contributed by atoms with van der Waals surface area (Å²) in [7, 11) is -3.75. The van der Waals surface area contributed by atoms with Crippen LogP contribution in [-0.4, -0.2) is 27.1 Å². The molecule has 0 saturated heterocycles. The average Bonchev–Trinajstić information content (AvgIpc) is 2.49. The quantitative estimate of drug-likeness (QED) is 0.898. The number of amides is 1. The smallest absolute Gasteiger partial charge is 0.245 e. The van der Waals surface area contributed by atoms with Crippen LogP contribution in [-0.2, 0) is 14.8 Å². The van der Waals surface area contributed by atoms with Crippen LogP contribution in [0.25, 0.3) is 0 Å². The third-order valence-electron chi connectivity index (χ3n) is 3.24. The van der Waals surface area contributed by atoms with E-state index in [-0.39, 0.29) is 5.69 Å². The molecule has 0 heterocycles. The minimum atomic E-state index is -3.75. The molecular weight excluding hydrogens is 338 g/mol. The minimum absolute atomic E-state index is 0.284. The van der Waals surface area contributed by atoms with E-state index in [0.717, 1.165) is 34.3 Å². The zero-order valence-corrected chi connectivity index (χ0v) is 13.9. The summed E-state index contributed by atoms with van der Waals surface area (Å²) < 4.78 is 51.9. The third-order valence-corrected chi connectivity index (χ3v) is 4.38. The Kier molecular flexibility index (Phi) is 5.18. The Labute approximate surface area is 139 Å². The lowest BCUT2D eigenvalue weighted by Crippen LogP contribution is -2.37. The predicted octanol–water partition coefficient (Wildman–Crippen LogP) is 2.68. The summed E-state index contributed by atoms with van der Waals surface area (Å²) in [4.78, 5) is 12.1. The van der Waals surface area contributed by atoms with Crippen LogP contribution in [0.4, 0.5) is 20.2 Å². The second-order valence-electron chi connectivity index (χ2n) is 5.25. The first-order chi connectivity index (χ1) is 11.2. The fourth-order valence-electron chi connectivity index (χ4n) is 2.04. The van der Waals surface area contributed by atoms with Crippen molar-refractivity contribution < 1.29 is 22.0 Å². The first-order valence-corrected chi connectivity index (χ1v) is 8.81. The molecule has 0 saturated carbocycles. The number of rotatable bonds is 5. The van der Waals surface area contributed by atoms with Gasteiger partial charge < -0.3 is 5.32 Å². The van der Waals surface area contributed by atoms with Crippen molar-refractivity contribution in [1.29, 1.82) is 0 Å². The number of hydrogen-bond acceptors (Lipinski definition) is 3. The number of carbonyl (C=O) groups excluding carboxylic acids is 1. The molecule has 0 aliphatic carbocycles. The molecule has 2 aromatic rings. The van der Waals surface area contributed by atoms with E-state index in [1.807, 2.05) is 6.92 Å². The van der Waals surface area contributed by atoms with Crippen molar-refractivity contribution >= 4 is 27.3 Å². The number of para-hydroxylation sites is 1. The Balaban J connectivity index is 2.24. The summed E-state index contributed by atoms with van der Waals surface area (Å²) in [5.41, 5.74) is 0.595. The fraction of sp³-hybridized carbons (Fsp3) is 0.188. The van der Waals surface area contributed by atoms with Crippen LogP contribution in [0.15, 0.2) is 42.5 Å². The molecule has 1 amide bonds. The van der Waals surface area contributed by atoms with E-state index in [0.29, 0.717) is 0 Å². The summed E-state index contributed by atoms with van der Waals surface area (Å²) in [6, 6.07) is 9.64. The minimum Gasteiger partial charge on any atom is -0.320 e. The molecule has 0 fully saturated rings. The number of hydrogen-bond donors (Lipinski definition) is 1. The van der Waals surface area contributed by atoms with Crippen molar-refractivity contribution in [2.45, 2.75) is 6.92 Å². The van der Waals surface area contributed by atoms with E-state index in [2.05, 4.69) is 5.32 Å². The Morgan fingerprint density at radius 2 is 1.62 bits per heavy atom. The van der Waals surface area contributed by atoms with Crippen LogP contribution in [0.5, 0.6) is 0 Å². The molecule has 0 aliphatic rings. The van der Waals surface area contributed by atoms with Gasteiger partial charge in [-0.3, -0.25) is 9.10 Å². The molecule has 8 heteroatoms. The maximum atomic E-state index is 13.6. The van der Waals surface area contributed by atoms with Crippen LogP contribution < -0.4 is 9.62 Å². The molecule has 0 aliphatic heterocycles. The molecule has 128 valence electrons. The van der Waals surface area contributed by atoms with Gasteiger partial charge in [0, 0.05) is 0 Å². The van der Waals surface area contributed by atoms with Crippen LogP contribution in [0.1, 0.15) is 5.56 Å². The molecular formula is C16H16F2N2O3S. The van der Waals surface area contributed by atoms with Gasteiger partial charge >= 0.3 is 0 Å². The number of halogens is 2. The van der Waals surface area contributed by atoms with Crippen LogP contribution in [0, 0.1) is 18.6 Å². The van der Waals surface area contributed by atoms with Gasteiger partial charge in [0.1, 0.15) is 23.9 Å². The van der Waals surface area contributed by atoms with E-state index >= 15 is 0 Å². The van der Waals surface area contributed by atoms with E-state index in [1.165, 1.54) is 0 Å². The summed E-state index contributed by atoms with van der Waals surface area (Å²) >= 11 is 0. The Hall–Kier alpha value is -2.48. The van der Waals surface area contributed by atoms with Crippen molar-refractivity contribution in [3.63, 3.8) is 0 Å². The number of nitrogens with one attached hydrogen (secondary N) is 1. The van der Waals surface area contributed by atoms with Crippen LogP contribution in [0.2, 0.25) is 0 Å². The SMILES string of the molecule is Cc1ccc(N(CC(=O)Nc2c(F)cccc2F)S(C)(=O)=O)cc1. The van der Waals surface area contributed by atoms with Gasteiger partial charge in [-0.15, -0.1) is 0 Å². The van der Waals surface area contributed by atoms with Gasteiger partial charge in [0.05, 0.1) is 11.9 Å². The van der Waals surface area contributed by atoms with E-state index < -0.39 is 39.8 Å². The lowest BCUT2D eigenvalue weighted by molar-refractivity contribution is -0.114. The van der Waals surface area contributed by atoms with Crippen molar-refractivity contribution in [2.75, 3.05) is 22.4 Å². The van der Waals surface area contributed by atoms with Crippen LogP contribution >= 0.6 is 0 Å². The normalized spacial score (nSPS) is 11.2. The Morgan fingerprint density at radius 1 is 1.08 bits per heavy atom. The number of nitrogens with zero attached hydrogens (tertiary/aromatic N) is 1. The van der Waals surface area contributed by atoms with E-state index in [4.69, 9.17) is 0 Å². The van der Waals surface area contributed by atoms with E-state index in [1.54, 1.807) is 24.3 Å². The molecule has 1 N–H and O–H groups in total. The number of carbonyl (C=O) groups is 1. The summed E-state index contributed by atoms with van der Waals surface area (Å²) in [6.07, 6.45) is 0.948. The highest BCUT2D eigenvalue weighted by Gasteiger charge is 2.22. The number of aryl methyl sites for hydroxylation is 1. The summed E-state index contributed by atoms with van der Waals surface area (Å²) in [5, 5.41) is 2.07. The molecule has 24 heavy (non-hydrogen) atoms. The standard InChI is InChI=1S/C16H16F2N2O3S/c1-11-6-8-12(9-7-11)20(24(2,22)23)10-15(21)19-16-13(17)4-3-5-14(16)18/h3-9H,10H2,1-2H3,(H,19,21). The first-order valence-electron chi connectivity index (χ1n) is 6.97. The molecule has 0 radical (unpaired) electrons. The lowest BCUT2D eigenvalue weighted by atomic mass is 10.2. The zero-order chi connectivity index (χ0) is 17.9. The van der Waals surface area contributed by atoms with Gasteiger partial charge in [0.2, 0.25) is 15.9 Å². The van der Waals surface area contributed by atoms with Crippen molar-refractivity contribution in [3.05, 3.63) is 59.7 Å². The monoisotopic (exact) mass is 354 g/mol. The third kappa shape index (κ3) is 4.29. The molecule has 2 rings (SSSR count). The fourth-order valence-corrected chi connectivity index (χ4v) is 2.89. The Morgan fingerprint density at radius 3 is 2.12 bits per heavy atom. The summed E-state index contributed by atoms with van der Waals surface area (Å²) in [5.74, 6) is -2.74. The number of sulfonamides is 1. The second-order valence-corrected chi connectivity index (χ2v) is 7.16. The zero-order valence-electron chi connectivity index (χ0n) is 13.1. The van der Waals surface area contributed by atoms with Crippen molar-refractivity contribution in [1.82, 2.24) is 0 Å². The topological polar surface area (TPSA) is 66.5 Å². The highest BCUT2D eigenvalue weighted by molar-refractivity contribution is 7.92. The second kappa shape index (κ2) is 6.96. The van der Waals surface area contributed by atoms with Gasteiger partial charge in [0.15, 0.2) is 0 Å². The van der Waals surface area contributed by atoms with Crippen molar-refractivity contribution in [3.8, 4) is 0 Å². The molecule has 0 atom stereocenters. The first kappa shape index (κ1) is 17.9. The maximum absolute atomic E-state index is 13.6.